The molecule has 3 nitrogen and oxygen atoms in total. The molecule has 0 saturated heterocycles. The summed E-state index contributed by atoms with van der Waals surface area (Å²) in [5.74, 6) is 2.01. The van der Waals surface area contributed by atoms with Crippen molar-refractivity contribution in [3.63, 3.8) is 0 Å². The summed E-state index contributed by atoms with van der Waals surface area (Å²) in [6, 6.07) is 57.9. The van der Waals surface area contributed by atoms with Gasteiger partial charge in [-0.05, 0) is 52.6 Å². The van der Waals surface area contributed by atoms with Gasteiger partial charge in [0.1, 0.15) is 0 Å². The van der Waals surface area contributed by atoms with Crippen LogP contribution in [0.25, 0.3) is 96.8 Å². The lowest BCUT2D eigenvalue weighted by molar-refractivity contribution is 1.08. The molecule has 0 bridgehead atoms. The molecule has 0 unspecified atom stereocenters. The highest BCUT2D eigenvalue weighted by atomic mass is 32.1. The first-order chi connectivity index (χ1) is 24.8. The van der Waals surface area contributed by atoms with E-state index in [1.54, 1.807) is 11.3 Å². The minimum absolute atomic E-state index is 0.665. The number of rotatable bonds is 5. The highest BCUT2D eigenvalue weighted by Crippen LogP contribution is 2.47. The molecule has 0 fully saturated rings. The lowest BCUT2D eigenvalue weighted by Crippen LogP contribution is -2.00. The van der Waals surface area contributed by atoms with Gasteiger partial charge in [-0.15, -0.1) is 22.7 Å². The Labute approximate surface area is 296 Å². The summed E-state index contributed by atoms with van der Waals surface area (Å²) in [7, 11) is 0. The van der Waals surface area contributed by atoms with Crippen molar-refractivity contribution in [3.8, 4) is 56.4 Å². The van der Waals surface area contributed by atoms with E-state index in [-0.39, 0.29) is 0 Å². The zero-order valence-electron chi connectivity index (χ0n) is 26.7. The van der Waals surface area contributed by atoms with Gasteiger partial charge in [0.15, 0.2) is 17.5 Å². The van der Waals surface area contributed by atoms with Gasteiger partial charge in [0.05, 0.1) is 0 Å². The van der Waals surface area contributed by atoms with Crippen LogP contribution in [0.4, 0.5) is 0 Å². The molecule has 0 radical (unpaired) electrons. The summed E-state index contributed by atoms with van der Waals surface area (Å²) >= 11 is 3.67. The van der Waals surface area contributed by atoms with Gasteiger partial charge in [0.25, 0.3) is 0 Å². The minimum atomic E-state index is 0.665. The summed E-state index contributed by atoms with van der Waals surface area (Å²) in [6.45, 7) is 0. The number of benzene rings is 7. The molecule has 0 saturated carbocycles. The Morgan fingerprint density at radius 1 is 0.320 bits per heavy atom. The van der Waals surface area contributed by atoms with Crippen LogP contribution in [-0.4, -0.2) is 15.0 Å². The molecule has 0 aliphatic rings. The van der Waals surface area contributed by atoms with E-state index in [9.17, 15) is 0 Å². The zero-order valence-corrected chi connectivity index (χ0v) is 28.4. The number of nitrogens with zero attached hydrogens (tertiary/aromatic N) is 3. The average molecular weight is 674 g/mol. The van der Waals surface area contributed by atoms with Crippen LogP contribution in [-0.2, 0) is 0 Å². The van der Waals surface area contributed by atoms with Crippen molar-refractivity contribution in [1.82, 2.24) is 15.0 Å². The highest BCUT2D eigenvalue weighted by Gasteiger charge is 2.20. The second-order valence-corrected chi connectivity index (χ2v) is 14.5. The molecule has 10 rings (SSSR count). The number of thiophene rings is 2. The molecule has 50 heavy (non-hydrogen) atoms. The van der Waals surface area contributed by atoms with E-state index in [4.69, 9.17) is 15.0 Å². The lowest BCUT2D eigenvalue weighted by atomic mass is 9.92. The Hall–Kier alpha value is -6.01. The predicted octanol–water partition coefficient (Wildman–Crippen LogP) is 12.9. The van der Waals surface area contributed by atoms with Crippen LogP contribution >= 0.6 is 22.7 Å². The molecular weight excluding hydrogens is 647 g/mol. The van der Waals surface area contributed by atoms with E-state index in [0.29, 0.717) is 17.5 Å². The van der Waals surface area contributed by atoms with E-state index in [2.05, 4.69) is 127 Å². The zero-order chi connectivity index (χ0) is 33.0. The number of fused-ring (bicyclic) bond motifs is 6. The Morgan fingerprint density at radius 3 is 1.58 bits per heavy atom. The monoisotopic (exact) mass is 673 g/mol. The molecule has 7 aromatic carbocycles. The largest absolute Gasteiger partial charge is 0.208 e. The topological polar surface area (TPSA) is 38.7 Å². The molecule has 0 N–H and O–H groups in total. The van der Waals surface area contributed by atoms with Crippen molar-refractivity contribution >= 4 is 63.0 Å². The third kappa shape index (κ3) is 4.82. The van der Waals surface area contributed by atoms with E-state index in [1.807, 2.05) is 47.7 Å². The number of aromatic nitrogens is 3. The van der Waals surface area contributed by atoms with Crippen molar-refractivity contribution in [3.05, 3.63) is 164 Å². The fourth-order valence-corrected chi connectivity index (χ4v) is 9.46. The molecule has 0 atom stereocenters. The summed E-state index contributed by atoms with van der Waals surface area (Å²) < 4.78 is 5.02. The van der Waals surface area contributed by atoms with E-state index >= 15 is 0 Å². The first-order valence-electron chi connectivity index (χ1n) is 16.6. The Morgan fingerprint density at radius 2 is 0.860 bits per heavy atom. The van der Waals surface area contributed by atoms with Gasteiger partial charge in [0, 0.05) is 57.0 Å². The van der Waals surface area contributed by atoms with Crippen LogP contribution in [0.2, 0.25) is 0 Å². The molecule has 234 valence electrons. The molecule has 10 aromatic rings. The van der Waals surface area contributed by atoms with Crippen LogP contribution in [0.15, 0.2) is 164 Å². The quantitative estimate of drug-likeness (QED) is 0.182. The van der Waals surface area contributed by atoms with Crippen LogP contribution in [0, 0.1) is 0 Å². The van der Waals surface area contributed by atoms with Crippen molar-refractivity contribution in [1.29, 1.82) is 0 Å². The molecule has 3 aromatic heterocycles. The smallest absolute Gasteiger partial charge is 0.165 e. The van der Waals surface area contributed by atoms with Crippen molar-refractivity contribution in [2.75, 3.05) is 0 Å². The molecule has 0 spiro atoms. The first kappa shape index (κ1) is 29.0. The second-order valence-electron chi connectivity index (χ2n) is 12.4. The molecule has 0 aliphatic carbocycles. The highest BCUT2D eigenvalue weighted by molar-refractivity contribution is 7.26. The third-order valence-corrected chi connectivity index (χ3v) is 11.7. The first-order valence-corrected chi connectivity index (χ1v) is 18.2. The summed E-state index contributed by atoms with van der Waals surface area (Å²) in [6.07, 6.45) is 0. The molecule has 5 heteroatoms. The average Bonchev–Trinajstić information content (AvgIpc) is 3.77. The minimum Gasteiger partial charge on any atom is -0.208 e. The summed E-state index contributed by atoms with van der Waals surface area (Å²) in [5.41, 5.74) is 7.88. The Bertz CT molecular complexity index is 2800. The maximum atomic E-state index is 5.09. The lowest BCUT2D eigenvalue weighted by Gasteiger charge is -2.11. The van der Waals surface area contributed by atoms with E-state index < -0.39 is 0 Å². The van der Waals surface area contributed by atoms with Gasteiger partial charge in [-0.3, -0.25) is 0 Å². The fourth-order valence-electron chi connectivity index (χ4n) is 7.05. The van der Waals surface area contributed by atoms with Gasteiger partial charge in [-0.2, -0.15) is 0 Å². The maximum absolute atomic E-state index is 5.09. The van der Waals surface area contributed by atoms with Crippen LogP contribution in [0.3, 0.4) is 0 Å². The van der Waals surface area contributed by atoms with Crippen LogP contribution in [0.1, 0.15) is 0 Å². The van der Waals surface area contributed by atoms with Gasteiger partial charge in [0.2, 0.25) is 0 Å². The van der Waals surface area contributed by atoms with Gasteiger partial charge < -0.3 is 0 Å². The molecular formula is C45H27N3S2. The molecule has 0 amide bonds. The van der Waals surface area contributed by atoms with Gasteiger partial charge in [-0.25, -0.2) is 15.0 Å². The summed E-state index contributed by atoms with van der Waals surface area (Å²) in [5, 5.41) is 5.10. The predicted molar refractivity (Wildman–Crippen MR) is 213 cm³/mol. The van der Waals surface area contributed by atoms with Crippen molar-refractivity contribution in [2.24, 2.45) is 0 Å². The third-order valence-electron chi connectivity index (χ3n) is 9.34. The van der Waals surface area contributed by atoms with E-state index in [0.717, 1.165) is 16.7 Å². The maximum Gasteiger partial charge on any atom is 0.165 e. The van der Waals surface area contributed by atoms with Gasteiger partial charge >= 0.3 is 0 Å². The van der Waals surface area contributed by atoms with Crippen LogP contribution < -0.4 is 0 Å². The Balaban J connectivity index is 1.21. The number of hydrogen-bond donors (Lipinski definition) is 0. The molecule has 3 heterocycles. The van der Waals surface area contributed by atoms with Gasteiger partial charge in [-0.1, -0.05) is 133 Å². The van der Waals surface area contributed by atoms with Crippen molar-refractivity contribution in [2.45, 2.75) is 0 Å². The van der Waals surface area contributed by atoms with Crippen LogP contribution in [0.5, 0.6) is 0 Å². The molecule has 0 aliphatic heterocycles. The SMILES string of the molecule is c1ccc(-c2nc(-c3ccccc3)nc(-c3cccc4c3sc3cccc(-c5cc(-c6ccccc6)c6c(c5)sc5ccccc56)c34)n2)cc1. The fraction of sp³-hybridized carbons (Fsp3) is 0. The second kappa shape index (κ2) is 11.8. The summed E-state index contributed by atoms with van der Waals surface area (Å²) in [4.78, 5) is 15.1. The standard InChI is InChI=1S/C45H27N3S2/c1-4-14-28(15-5-1)36-26-31(27-39-41(36)33-20-10-11-24-37(33)49-39)32-21-13-25-38-40(32)34-22-12-23-35(42(34)50-38)45-47-43(29-16-6-2-7-17-29)46-44(48-45)30-18-8-3-9-19-30/h1-27H. The normalized spacial score (nSPS) is 11.6. The van der Waals surface area contributed by atoms with E-state index in [1.165, 1.54) is 62.6 Å². The Kier molecular flexibility index (Phi) is 6.86. The van der Waals surface area contributed by atoms with Crippen molar-refractivity contribution < 1.29 is 0 Å². The number of hydrogen-bond acceptors (Lipinski definition) is 5.